The molecule has 146 valence electrons. The molecule has 1 heterocycles. The molecule has 28 heavy (non-hydrogen) atoms. The molecule has 0 aromatic heterocycles. The summed E-state index contributed by atoms with van der Waals surface area (Å²) in [6.45, 7) is 6.40. The summed E-state index contributed by atoms with van der Waals surface area (Å²) in [6.07, 6.45) is 3.77. The van der Waals surface area contributed by atoms with Gasteiger partial charge in [-0.1, -0.05) is 6.08 Å². The summed E-state index contributed by atoms with van der Waals surface area (Å²) in [6, 6.07) is 9.27. The number of nitrogens with one attached hydrogen (secondary N) is 1. The number of halogens is 1. The standard InChI is InChI=1S/C22H24FN3O2/c1-14-12-22(2,3)26(4)19-11-20(28-5)16(10-18(14)19)13-24-25-21(27)15-6-8-17(23)9-7-15/h6-13H,1-5H3,(H,25,27)/b24-13-. The van der Waals surface area contributed by atoms with Crippen molar-refractivity contribution in [3.05, 3.63) is 65.0 Å². The van der Waals surface area contributed by atoms with E-state index in [1.807, 2.05) is 12.1 Å². The lowest BCUT2D eigenvalue weighted by Crippen LogP contribution is -2.42. The summed E-state index contributed by atoms with van der Waals surface area (Å²) in [5.74, 6) is -0.142. The van der Waals surface area contributed by atoms with Gasteiger partial charge in [-0.25, -0.2) is 9.82 Å². The minimum atomic E-state index is -0.411. The van der Waals surface area contributed by atoms with Crippen molar-refractivity contribution < 1.29 is 13.9 Å². The van der Waals surface area contributed by atoms with Crippen molar-refractivity contribution in [2.75, 3.05) is 19.1 Å². The molecule has 0 bridgehead atoms. The Labute approximate surface area is 164 Å². The Morgan fingerprint density at radius 1 is 1.25 bits per heavy atom. The number of anilines is 1. The van der Waals surface area contributed by atoms with Crippen molar-refractivity contribution in [1.82, 2.24) is 5.43 Å². The second-order valence-electron chi connectivity index (χ2n) is 7.36. The number of hydrogen-bond acceptors (Lipinski definition) is 4. The van der Waals surface area contributed by atoms with Gasteiger partial charge in [-0.2, -0.15) is 5.10 Å². The van der Waals surface area contributed by atoms with E-state index in [2.05, 4.69) is 49.3 Å². The molecule has 0 spiro atoms. The Bertz CT molecular complexity index is 962. The van der Waals surface area contributed by atoms with Gasteiger partial charge in [-0.05, 0) is 56.7 Å². The van der Waals surface area contributed by atoms with E-state index >= 15 is 0 Å². The Morgan fingerprint density at radius 2 is 1.93 bits per heavy atom. The normalized spacial score (nSPS) is 15.2. The summed E-state index contributed by atoms with van der Waals surface area (Å²) >= 11 is 0. The first-order valence-corrected chi connectivity index (χ1v) is 8.97. The second-order valence-corrected chi connectivity index (χ2v) is 7.36. The number of allylic oxidation sites excluding steroid dienone is 1. The first kappa shape index (κ1) is 19.6. The number of likely N-dealkylation sites (N-methyl/N-ethyl adjacent to an activating group) is 1. The highest BCUT2D eigenvalue weighted by Gasteiger charge is 2.29. The monoisotopic (exact) mass is 381 g/mol. The van der Waals surface area contributed by atoms with Gasteiger partial charge in [0.25, 0.3) is 5.91 Å². The summed E-state index contributed by atoms with van der Waals surface area (Å²) in [5, 5.41) is 4.04. The third-order valence-corrected chi connectivity index (χ3v) is 5.04. The van der Waals surface area contributed by atoms with Gasteiger partial charge in [0.15, 0.2) is 0 Å². The summed E-state index contributed by atoms with van der Waals surface area (Å²) in [4.78, 5) is 14.3. The van der Waals surface area contributed by atoms with Crippen LogP contribution in [0.5, 0.6) is 5.75 Å². The van der Waals surface area contributed by atoms with E-state index in [4.69, 9.17) is 4.74 Å². The van der Waals surface area contributed by atoms with Crippen LogP contribution in [0.3, 0.4) is 0 Å². The lowest BCUT2D eigenvalue weighted by Gasteiger charge is -2.40. The minimum Gasteiger partial charge on any atom is -0.496 e. The molecule has 2 aromatic carbocycles. The first-order chi connectivity index (χ1) is 13.2. The first-order valence-electron chi connectivity index (χ1n) is 8.97. The summed E-state index contributed by atoms with van der Waals surface area (Å²) in [7, 11) is 3.66. The van der Waals surface area contributed by atoms with Crippen molar-refractivity contribution in [2.24, 2.45) is 5.10 Å². The van der Waals surface area contributed by atoms with Crippen molar-refractivity contribution >= 4 is 23.4 Å². The number of carbonyl (C=O) groups excluding carboxylic acids is 1. The zero-order valence-corrected chi connectivity index (χ0v) is 16.7. The average Bonchev–Trinajstić information content (AvgIpc) is 2.66. The molecule has 0 radical (unpaired) electrons. The quantitative estimate of drug-likeness (QED) is 0.637. The highest BCUT2D eigenvalue weighted by molar-refractivity contribution is 5.95. The molecule has 6 heteroatoms. The number of hydrazone groups is 1. The molecule has 0 unspecified atom stereocenters. The molecule has 0 atom stereocenters. The van der Waals surface area contributed by atoms with Crippen molar-refractivity contribution in [2.45, 2.75) is 26.3 Å². The van der Waals surface area contributed by atoms with Gasteiger partial charge in [-0.15, -0.1) is 0 Å². The van der Waals surface area contributed by atoms with E-state index in [0.717, 1.165) is 16.8 Å². The number of nitrogens with zero attached hydrogens (tertiary/aromatic N) is 2. The van der Waals surface area contributed by atoms with Gasteiger partial charge in [-0.3, -0.25) is 4.79 Å². The molecule has 1 aliphatic heterocycles. The van der Waals surface area contributed by atoms with Gasteiger partial charge in [0.1, 0.15) is 11.6 Å². The molecule has 0 fully saturated rings. The zero-order chi connectivity index (χ0) is 20.5. The van der Waals surface area contributed by atoms with E-state index in [-0.39, 0.29) is 5.54 Å². The van der Waals surface area contributed by atoms with Crippen LogP contribution in [-0.2, 0) is 0 Å². The van der Waals surface area contributed by atoms with E-state index in [0.29, 0.717) is 11.3 Å². The Morgan fingerprint density at radius 3 is 2.57 bits per heavy atom. The van der Waals surface area contributed by atoms with Crippen molar-refractivity contribution in [3.63, 3.8) is 0 Å². The van der Waals surface area contributed by atoms with Crippen LogP contribution < -0.4 is 15.1 Å². The molecular formula is C22H24FN3O2. The predicted octanol–water partition coefficient (Wildman–Crippen LogP) is 4.23. The molecule has 1 N–H and O–H groups in total. The van der Waals surface area contributed by atoms with Gasteiger partial charge >= 0.3 is 0 Å². The number of amides is 1. The smallest absolute Gasteiger partial charge is 0.271 e. The maximum Gasteiger partial charge on any atom is 0.271 e. The highest BCUT2D eigenvalue weighted by atomic mass is 19.1. The van der Waals surface area contributed by atoms with Gasteiger partial charge in [0.05, 0.1) is 18.9 Å². The fourth-order valence-corrected chi connectivity index (χ4v) is 3.30. The number of carbonyl (C=O) groups is 1. The number of fused-ring (bicyclic) bond motifs is 1. The van der Waals surface area contributed by atoms with E-state index in [9.17, 15) is 9.18 Å². The number of hydrogen-bond donors (Lipinski definition) is 1. The SMILES string of the molecule is COc1cc2c(cc1/C=N\NC(=O)c1ccc(F)cc1)C(C)=CC(C)(C)N2C. The topological polar surface area (TPSA) is 53.9 Å². The number of methoxy groups -OCH3 is 1. The third kappa shape index (κ3) is 3.76. The Balaban J connectivity index is 1.86. The average molecular weight is 381 g/mol. The lowest BCUT2D eigenvalue weighted by atomic mass is 9.88. The molecule has 1 aliphatic rings. The fraction of sp³-hybridized carbons (Fsp3) is 0.273. The predicted molar refractivity (Wildman–Crippen MR) is 111 cm³/mol. The van der Waals surface area contributed by atoms with Crippen molar-refractivity contribution in [3.8, 4) is 5.75 Å². The Kier molecular flexibility index (Phi) is 5.23. The fourth-order valence-electron chi connectivity index (χ4n) is 3.30. The lowest BCUT2D eigenvalue weighted by molar-refractivity contribution is 0.0955. The zero-order valence-electron chi connectivity index (χ0n) is 16.7. The van der Waals surface area contributed by atoms with Crippen LogP contribution >= 0.6 is 0 Å². The van der Waals surface area contributed by atoms with Gasteiger partial charge in [0.2, 0.25) is 0 Å². The summed E-state index contributed by atoms with van der Waals surface area (Å²) < 4.78 is 18.5. The third-order valence-electron chi connectivity index (χ3n) is 5.04. The van der Waals surface area contributed by atoms with E-state index in [1.54, 1.807) is 13.3 Å². The Hall–Kier alpha value is -3.15. The molecule has 1 amide bonds. The van der Waals surface area contributed by atoms with Crippen LogP contribution in [0.4, 0.5) is 10.1 Å². The van der Waals surface area contributed by atoms with Crippen LogP contribution in [0, 0.1) is 5.82 Å². The van der Waals surface area contributed by atoms with Crippen LogP contribution in [0.15, 0.2) is 47.6 Å². The molecule has 0 saturated carbocycles. The summed E-state index contributed by atoms with van der Waals surface area (Å²) in [5.41, 5.74) is 6.79. The van der Waals surface area contributed by atoms with Gasteiger partial charge in [0, 0.05) is 35.5 Å². The van der Waals surface area contributed by atoms with Crippen molar-refractivity contribution in [1.29, 1.82) is 0 Å². The van der Waals surface area contributed by atoms with Crippen LogP contribution in [0.25, 0.3) is 5.57 Å². The molecule has 3 rings (SSSR count). The molecular weight excluding hydrogens is 357 g/mol. The van der Waals surface area contributed by atoms with Crippen LogP contribution in [0.1, 0.15) is 42.3 Å². The molecule has 2 aromatic rings. The maximum absolute atomic E-state index is 13.0. The number of ether oxygens (including phenoxy) is 1. The van der Waals surface area contributed by atoms with E-state index < -0.39 is 11.7 Å². The van der Waals surface area contributed by atoms with Gasteiger partial charge < -0.3 is 9.64 Å². The maximum atomic E-state index is 13.0. The molecule has 0 aliphatic carbocycles. The molecule has 5 nitrogen and oxygen atoms in total. The van der Waals surface area contributed by atoms with Crippen LogP contribution in [0.2, 0.25) is 0 Å². The minimum absolute atomic E-state index is 0.0964. The number of benzene rings is 2. The van der Waals surface area contributed by atoms with Crippen LogP contribution in [-0.4, -0.2) is 31.8 Å². The largest absolute Gasteiger partial charge is 0.496 e. The molecule has 0 saturated heterocycles. The highest BCUT2D eigenvalue weighted by Crippen LogP contribution is 2.40. The second kappa shape index (κ2) is 7.46. The van der Waals surface area contributed by atoms with E-state index in [1.165, 1.54) is 29.8 Å². The number of rotatable bonds is 4.